The Morgan fingerprint density at radius 1 is 0.875 bits per heavy atom. The zero-order valence-electron chi connectivity index (χ0n) is 19.1. The van der Waals surface area contributed by atoms with E-state index in [0.717, 1.165) is 40.8 Å². The highest BCUT2D eigenvalue weighted by Crippen LogP contribution is 2.26. The van der Waals surface area contributed by atoms with Crippen LogP contribution in [0.5, 0.6) is 0 Å². The van der Waals surface area contributed by atoms with Crippen molar-refractivity contribution in [1.82, 2.24) is 0 Å². The average Bonchev–Trinajstić information content (AvgIpc) is 2.79. The zero-order chi connectivity index (χ0) is 23.3. The predicted molar refractivity (Wildman–Crippen MR) is 131 cm³/mol. The summed E-state index contributed by atoms with van der Waals surface area (Å²) in [7, 11) is -3.93. The Labute approximate surface area is 191 Å². The summed E-state index contributed by atoms with van der Waals surface area (Å²) in [4.78, 5) is 13.2. The van der Waals surface area contributed by atoms with E-state index in [0.29, 0.717) is 5.69 Å². The summed E-state index contributed by atoms with van der Waals surface area (Å²) >= 11 is 0. The van der Waals surface area contributed by atoms with Crippen LogP contribution in [0.15, 0.2) is 71.6 Å². The summed E-state index contributed by atoms with van der Waals surface area (Å²) in [5.41, 5.74) is 5.22. The highest BCUT2D eigenvalue weighted by molar-refractivity contribution is 7.92. The third kappa shape index (κ3) is 5.19. The van der Waals surface area contributed by atoms with Gasteiger partial charge in [-0.1, -0.05) is 61.9 Å². The van der Waals surface area contributed by atoms with Crippen LogP contribution in [0, 0.1) is 13.8 Å². The van der Waals surface area contributed by atoms with Crippen molar-refractivity contribution >= 4 is 27.3 Å². The van der Waals surface area contributed by atoms with Crippen LogP contribution < -0.4 is 9.62 Å². The van der Waals surface area contributed by atoms with Crippen LogP contribution in [0.4, 0.5) is 11.4 Å². The van der Waals surface area contributed by atoms with Gasteiger partial charge in [0.05, 0.1) is 10.6 Å². The van der Waals surface area contributed by atoms with E-state index in [1.165, 1.54) is 4.31 Å². The van der Waals surface area contributed by atoms with Gasteiger partial charge >= 0.3 is 0 Å². The van der Waals surface area contributed by atoms with E-state index in [4.69, 9.17) is 0 Å². The van der Waals surface area contributed by atoms with Crippen molar-refractivity contribution in [3.63, 3.8) is 0 Å². The van der Waals surface area contributed by atoms with Crippen LogP contribution in [0.3, 0.4) is 0 Å². The molecular formula is C26H30N2O3S. The highest BCUT2D eigenvalue weighted by atomic mass is 32.2. The lowest BCUT2D eigenvalue weighted by molar-refractivity contribution is -0.114. The van der Waals surface area contributed by atoms with Gasteiger partial charge in [-0.05, 0) is 67.6 Å². The number of benzene rings is 3. The lowest BCUT2D eigenvalue weighted by Gasteiger charge is -2.25. The zero-order valence-corrected chi connectivity index (χ0v) is 19.9. The third-order valence-electron chi connectivity index (χ3n) is 5.53. The molecule has 6 heteroatoms. The molecule has 0 aromatic heterocycles. The van der Waals surface area contributed by atoms with Gasteiger partial charge in [0.25, 0.3) is 10.0 Å². The van der Waals surface area contributed by atoms with Crippen molar-refractivity contribution in [2.75, 3.05) is 16.2 Å². The SMILES string of the molecule is CCc1ccc(N(CC(=O)Nc2c(C)cccc2CC)S(=O)(=O)c2ccc(C)cc2)cc1. The van der Waals surface area contributed by atoms with Gasteiger partial charge in [0.2, 0.25) is 5.91 Å². The molecular weight excluding hydrogens is 420 g/mol. The van der Waals surface area contributed by atoms with Crippen LogP contribution in [0.2, 0.25) is 0 Å². The minimum Gasteiger partial charge on any atom is -0.324 e. The molecule has 0 atom stereocenters. The fourth-order valence-corrected chi connectivity index (χ4v) is 4.98. The number of hydrogen-bond donors (Lipinski definition) is 1. The Kier molecular flexibility index (Phi) is 7.36. The second kappa shape index (κ2) is 10.0. The average molecular weight is 451 g/mol. The monoisotopic (exact) mass is 450 g/mol. The highest BCUT2D eigenvalue weighted by Gasteiger charge is 2.27. The van der Waals surface area contributed by atoms with Gasteiger partial charge in [-0.15, -0.1) is 0 Å². The summed E-state index contributed by atoms with van der Waals surface area (Å²) in [6.45, 7) is 7.57. The molecule has 0 bridgehead atoms. The lowest BCUT2D eigenvalue weighted by atomic mass is 10.1. The largest absolute Gasteiger partial charge is 0.324 e. The molecule has 1 amide bonds. The summed E-state index contributed by atoms with van der Waals surface area (Å²) in [5.74, 6) is -0.385. The van der Waals surface area contributed by atoms with Crippen molar-refractivity contribution < 1.29 is 13.2 Å². The minimum atomic E-state index is -3.93. The van der Waals surface area contributed by atoms with Gasteiger partial charge in [0, 0.05) is 5.69 Å². The van der Waals surface area contributed by atoms with Crippen LogP contribution in [0.25, 0.3) is 0 Å². The maximum Gasteiger partial charge on any atom is 0.264 e. The lowest BCUT2D eigenvalue weighted by Crippen LogP contribution is -2.38. The molecule has 0 aliphatic heterocycles. The third-order valence-corrected chi connectivity index (χ3v) is 7.32. The molecule has 168 valence electrons. The summed E-state index contributed by atoms with van der Waals surface area (Å²) in [6.07, 6.45) is 1.61. The Balaban J connectivity index is 1.97. The van der Waals surface area contributed by atoms with E-state index in [1.807, 2.05) is 58.0 Å². The first kappa shape index (κ1) is 23.5. The van der Waals surface area contributed by atoms with E-state index < -0.39 is 10.0 Å². The Hall–Kier alpha value is -3.12. The summed E-state index contributed by atoms with van der Waals surface area (Å²) in [6, 6.07) is 19.8. The molecule has 0 aliphatic carbocycles. The first-order valence-electron chi connectivity index (χ1n) is 10.8. The van der Waals surface area contributed by atoms with E-state index in [-0.39, 0.29) is 17.3 Å². The molecule has 0 saturated carbocycles. The minimum absolute atomic E-state index is 0.153. The van der Waals surface area contributed by atoms with Gasteiger partial charge in [-0.2, -0.15) is 0 Å². The van der Waals surface area contributed by atoms with Crippen LogP contribution >= 0.6 is 0 Å². The van der Waals surface area contributed by atoms with E-state index in [2.05, 4.69) is 5.32 Å². The topological polar surface area (TPSA) is 66.5 Å². The number of carbonyl (C=O) groups is 1. The number of sulfonamides is 1. The van der Waals surface area contributed by atoms with Crippen molar-refractivity contribution in [2.24, 2.45) is 0 Å². The number of rotatable bonds is 8. The Bertz CT molecular complexity index is 1180. The normalized spacial score (nSPS) is 11.2. The van der Waals surface area contributed by atoms with Crippen LogP contribution in [0.1, 0.15) is 36.1 Å². The molecule has 3 aromatic carbocycles. The van der Waals surface area contributed by atoms with Crippen molar-refractivity contribution in [3.8, 4) is 0 Å². The molecule has 0 unspecified atom stereocenters. The Morgan fingerprint density at radius 3 is 2.12 bits per heavy atom. The quantitative estimate of drug-likeness (QED) is 0.509. The van der Waals surface area contributed by atoms with Gasteiger partial charge in [0.15, 0.2) is 0 Å². The smallest absolute Gasteiger partial charge is 0.264 e. The first-order valence-corrected chi connectivity index (χ1v) is 12.3. The molecule has 32 heavy (non-hydrogen) atoms. The number of carbonyl (C=O) groups excluding carboxylic acids is 1. The number of nitrogens with one attached hydrogen (secondary N) is 1. The molecule has 3 aromatic rings. The number of amides is 1. The molecule has 0 fully saturated rings. The van der Waals surface area contributed by atoms with Crippen molar-refractivity contribution in [2.45, 2.75) is 45.4 Å². The van der Waals surface area contributed by atoms with E-state index in [1.54, 1.807) is 36.4 Å². The standard InChI is InChI=1S/C26H30N2O3S/c1-5-21-12-14-23(15-13-21)28(32(30,31)24-16-10-19(3)11-17-24)18-25(29)27-26-20(4)8-7-9-22(26)6-2/h7-17H,5-6,18H2,1-4H3,(H,27,29). The molecule has 0 heterocycles. The van der Waals surface area contributed by atoms with Gasteiger partial charge in [0.1, 0.15) is 6.54 Å². The first-order chi connectivity index (χ1) is 15.3. The number of para-hydroxylation sites is 1. The van der Waals surface area contributed by atoms with E-state index in [9.17, 15) is 13.2 Å². The second-order valence-electron chi connectivity index (χ2n) is 7.86. The predicted octanol–water partition coefficient (Wildman–Crippen LogP) is 5.26. The molecule has 0 aliphatic rings. The number of nitrogens with zero attached hydrogens (tertiary/aromatic N) is 1. The van der Waals surface area contributed by atoms with E-state index >= 15 is 0 Å². The maximum atomic E-state index is 13.5. The summed E-state index contributed by atoms with van der Waals surface area (Å²) in [5, 5.41) is 2.94. The molecule has 0 spiro atoms. The van der Waals surface area contributed by atoms with Crippen LogP contribution in [-0.4, -0.2) is 20.9 Å². The number of anilines is 2. The van der Waals surface area contributed by atoms with Gasteiger partial charge < -0.3 is 5.32 Å². The summed E-state index contributed by atoms with van der Waals surface area (Å²) < 4.78 is 28.2. The fourth-order valence-electron chi connectivity index (χ4n) is 3.56. The molecule has 1 N–H and O–H groups in total. The number of hydrogen-bond acceptors (Lipinski definition) is 3. The fraction of sp³-hybridized carbons (Fsp3) is 0.269. The van der Waals surface area contributed by atoms with Crippen LogP contribution in [-0.2, 0) is 27.7 Å². The Morgan fingerprint density at radius 2 is 1.53 bits per heavy atom. The molecule has 3 rings (SSSR count). The van der Waals surface area contributed by atoms with Gasteiger partial charge in [-0.25, -0.2) is 8.42 Å². The van der Waals surface area contributed by atoms with Gasteiger partial charge in [-0.3, -0.25) is 9.10 Å². The molecule has 0 radical (unpaired) electrons. The number of aryl methyl sites for hydroxylation is 4. The molecule has 5 nitrogen and oxygen atoms in total. The van der Waals surface area contributed by atoms with Crippen molar-refractivity contribution in [1.29, 1.82) is 0 Å². The maximum absolute atomic E-state index is 13.5. The van der Waals surface area contributed by atoms with Crippen molar-refractivity contribution in [3.05, 3.63) is 89.0 Å². The molecule has 0 saturated heterocycles. The second-order valence-corrected chi connectivity index (χ2v) is 9.72.